The quantitative estimate of drug-likeness (QED) is 0.915. The van der Waals surface area contributed by atoms with Crippen LogP contribution in [0, 0.1) is 0 Å². The molecular weight excluding hydrogens is 252 g/mol. The first-order valence-corrected chi connectivity index (χ1v) is 7.44. The second-order valence-electron chi connectivity index (χ2n) is 6.11. The van der Waals surface area contributed by atoms with Gasteiger partial charge in [-0.15, -0.1) is 0 Å². The van der Waals surface area contributed by atoms with E-state index in [1.807, 2.05) is 12.1 Å². The summed E-state index contributed by atoms with van der Waals surface area (Å²) in [5.41, 5.74) is 7.28. The van der Waals surface area contributed by atoms with Crippen molar-refractivity contribution >= 4 is 0 Å². The maximum absolute atomic E-state index is 6.38. The van der Waals surface area contributed by atoms with Gasteiger partial charge in [-0.3, -0.25) is 0 Å². The number of hydrogen-bond donors (Lipinski definition) is 1. The Labute approximate surface area is 120 Å². The van der Waals surface area contributed by atoms with Gasteiger partial charge in [-0.2, -0.15) is 0 Å². The van der Waals surface area contributed by atoms with Crippen LogP contribution in [0.5, 0.6) is 11.5 Å². The number of ether oxygens (including phenoxy) is 2. The molecule has 2 fully saturated rings. The highest BCUT2D eigenvalue weighted by molar-refractivity contribution is 5.51. The fraction of sp³-hybridized carbons (Fsp3) is 0.625. The van der Waals surface area contributed by atoms with Crippen molar-refractivity contribution in [2.45, 2.75) is 37.3 Å². The van der Waals surface area contributed by atoms with Crippen LogP contribution in [0.3, 0.4) is 0 Å². The van der Waals surface area contributed by atoms with Crippen LogP contribution < -0.4 is 15.2 Å². The third kappa shape index (κ3) is 2.63. The molecule has 1 aliphatic heterocycles. The van der Waals surface area contributed by atoms with Gasteiger partial charge in [-0.25, -0.2) is 0 Å². The van der Waals surface area contributed by atoms with E-state index in [9.17, 15) is 0 Å². The van der Waals surface area contributed by atoms with Gasteiger partial charge in [0.15, 0.2) is 11.5 Å². The maximum Gasteiger partial charge on any atom is 0.166 e. The van der Waals surface area contributed by atoms with Gasteiger partial charge in [0.1, 0.15) is 6.10 Å². The molecular formula is C16H24N2O2. The van der Waals surface area contributed by atoms with Crippen LogP contribution in [0.2, 0.25) is 0 Å². The average molecular weight is 276 g/mol. The first-order valence-electron chi connectivity index (χ1n) is 7.44. The lowest BCUT2D eigenvalue weighted by Gasteiger charge is -2.31. The Morgan fingerprint density at radius 1 is 1.25 bits per heavy atom. The lowest BCUT2D eigenvalue weighted by molar-refractivity contribution is 0.109. The van der Waals surface area contributed by atoms with Crippen molar-refractivity contribution in [3.8, 4) is 11.5 Å². The molecule has 4 heteroatoms. The molecule has 0 atom stereocenters. The van der Waals surface area contributed by atoms with Gasteiger partial charge in [0.25, 0.3) is 0 Å². The standard InChI is InChI=1S/C16H24N2O2/c1-18-10-6-12(7-11-18)20-15-13(16(17)8-9-16)4-3-5-14(15)19-2/h3-5,12H,6-11,17H2,1-2H3. The number of benzene rings is 1. The molecule has 1 heterocycles. The van der Waals surface area contributed by atoms with Crippen LogP contribution >= 0.6 is 0 Å². The summed E-state index contributed by atoms with van der Waals surface area (Å²) in [5.74, 6) is 1.67. The fourth-order valence-corrected chi connectivity index (χ4v) is 2.86. The van der Waals surface area contributed by atoms with Crippen molar-refractivity contribution < 1.29 is 9.47 Å². The van der Waals surface area contributed by atoms with Gasteiger partial charge in [-0.05, 0) is 38.8 Å². The van der Waals surface area contributed by atoms with Crippen LogP contribution in [0.25, 0.3) is 0 Å². The van der Waals surface area contributed by atoms with Crippen molar-refractivity contribution in [3.63, 3.8) is 0 Å². The molecule has 1 aromatic carbocycles. The normalized spacial score (nSPS) is 22.6. The molecule has 20 heavy (non-hydrogen) atoms. The van der Waals surface area contributed by atoms with Crippen LogP contribution in [0.4, 0.5) is 0 Å². The van der Waals surface area contributed by atoms with Crippen LogP contribution in [0.1, 0.15) is 31.2 Å². The van der Waals surface area contributed by atoms with Gasteiger partial charge in [-0.1, -0.05) is 12.1 Å². The monoisotopic (exact) mass is 276 g/mol. The predicted octanol–water partition coefficient (Wildman–Crippen LogP) is 2.12. The smallest absolute Gasteiger partial charge is 0.166 e. The second-order valence-corrected chi connectivity index (χ2v) is 6.11. The van der Waals surface area contributed by atoms with E-state index < -0.39 is 0 Å². The number of methoxy groups -OCH3 is 1. The zero-order chi connectivity index (χ0) is 14.2. The minimum absolute atomic E-state index is 0.199. The Kier molecular flexibility index (Phi) is 3.61. The molecule has 4 nitrogen and oxygen atoms in total. The number of rotatable bonds is 4. The molecule has 2 aliphatic rings. The van der Waals surface area contributed by atoms with E-state index in [0.717, 1.165) is 55.8 Å². The second kappa shape index (κ2) is 5.26. The minimum Gasteiger partial charge on any atom is -0.493 e. The molecule has 1 aromatic rings. The summed E-state index contributed by atoms with van der Waals surface area (Å²) in [6.45, 7) is 2.17. The topological polar surface area (TPSA) is 47.7 Å². The number of para-hydroxylation sites is 1. The Hall–Kier alpha value is -1.26. The summed E-state index contributed by atoms with van der Waals surface area (Å²) in [7, 11) is 3.85. The molecule has 0 amide bonds. The summed E-state index contributed by atoms with van der Waals surface area (Å²) in [5, 5.41) is 0. The Morgan fingerprint density at radius 2 is 1.95 bits per heavy atom. The zero-order valence-electron chi connectivity index (χ0n) is 12.4. The number of likely N-dealkylation sites (tertiary alicyclic amines) is 1. The highest BCUT2D eigenvalue weighted by Crippen LogP contribution is 2.49. The largest absolute Gasteiger partial charge is 0.493 e. The van der Waals surface area contributed by atoms with E-state index in [4.69, 9.17) is 15.2 Å². The average Bonchev–Trinajstić information content (AvgIpc) is 3.20. The van der Waals surface area contributed by atoms with E-state index >= 15 is 0 Å². The molecule has 0 spiro atoms. The first kappa shape index (κ1) is 13.7. The SMILES string of the molecule is COc1cccc(C2(N)CC2)c1OC1CCN(C)CC1. The van der Waals surface area contributed by atoms with Crippen molar-refractivity contribution in [3.05, 3.63) is 23.8 Å². The molecule has 0 bridgehead atoms. The summed E-state index contributed by atoms with van der Waals surface area (Å²) >= 11 is 0. The fourth-order valence-electron chi connectivity index (χ4n) is 2.86. The van der Waals surface area contributed by atoms with Crippen molar-refractivity contribution in [2.75, 3.05) is 27.2 Å². The number of piperidine rings is 1. The van der Waals surface area contributed by atoms with Crippen molar-refractivity contribution in [2.24, 2.45) is 5.73 Å². The molecule has 0 unspecified atom stereocenters. The molecule has 3 rings (SSSR count). The molecule has 1 saturated heterocycles. The number of nitrogens with zero attached hydrogens (tertiary/aromatic N) is 1. The third-order valence-electron chi connectivity index (χ3n) is 4.47. The van der Waals surface area contributed by atoms with Gasteiger partial charge in [0.2, 0.25) is 0 Å². The Bertz CT molecular complexity index is 477. The highest BCUT2D eigenvalue weighted by atomic mass is 16.5. The van der Waals surface area contributed by atoms with E-state index in [1.165, 1.54) is 0 Å². The first-order chi connectivity index (χ1) is 9.62. The van der Waals surface area contributed by atoms with Crippen molar-refractivity contribution in [1.29, 1.82) is 0 Å². The third-order valence-corrected chi connectivity index (χ3v) is 4.47. The summed E-state index contributed by atoms with van der Waals surface area (Å²) < 4.78 is 11.8. The number of nitrogens with two attached hydrogens (primary N) is 1. The van der Waals surface area contributed by atoms with E-state index in [-0.39, 0.29) is 11.6 Å². The molecule has 1 aliphatic carbocycles. The van der Waals surface area contributed by atoms with E-state index in [1.54, 1.807) is 7.11 Å². The van der Waals surface area contributed by atoms with Crippen LogP contribution in [0.15, 0.2) is 18.2 Å². The zero-order valence-corrected chi connectivity index (χ0v) is 12.4. The lowest BCUT2D eigenvalue weighted by Crippen LogP contribution is -2.36. The van der Waals surface area contributed by atoms with E-state index in [0.29, 0.717) is 0 Å². The summed E-state index contributed by atoms with van der Waals surface area (Å²) in [6.07, 6.45) is 4.45. The van der Waals surface area contributed by atoms with Crippen LogP contribution in [-0.4, -0.2) is 38.3 Å². The van der Waals surface area contributed by atoms with Gasteiger partial charge in [0.05, 0.1) is 7.11 Å². The molecule has 0 radical (unpaired) electrons. The maximum atomic E-state index is 6.38. The van der Waals surface area contributed by atoms with Gasteiger partial charge >= 0.3 is 0 Å². The van der Waals surface area contributed by atoms with Crippen LogP contribution in [-0.2, 0) is 5.54 Å². The Morgan fingerprint density at radius 3 is 2.55 bits per heavy atom. The van der Waals surface area contributed by atoms with Gasteiger partial charge < -0.3 is 20.1 Å². The molecule has 0 aromatic heterocycles. The van der Waals surface area contributed by atoms with E-state index in [2.05, 4.69) is 18.0 Å². The summed E-state index contributed by atoms with van der Waals surface area (Å²) in [4.78, 5) is 2.34. The highest BCUT2D eigenvalue weighted by Gasteiger charge is 2.43. The predicted molar refractivity (Wildman–Crippen MR) is 79.2 cm³/mol. The van der Waals surface area contributed by atoms with Gasteiger partial charge in [0, 0.05) is 24.2 Å². The lowest BCUT2D eigenvalue weighted by atomic mass is 10.0. The Balaban J connectivity index is 1.83. The molecule has 2 N–H and O–H groups in total. The summed E-state index contributed by atoms with van der Waals surface area (Å²) in [6, 6.07) is 6.04. The van der Waals surface area contributed by atoms with Crippen molar-refractivity contribution in [1.82, 2.24) is 4.90 Å². The number of hydrogen-bond acceptors (Lipinski definition) is 4. The molecule has 110 valence electrons. The minimum atomic E-state index is -0.199. The molecule has 1 saturated carbocycles.